The molecule has 0 spiro atoms. The summed E-state index contributed by atoms with van der Waals surface area (Å²) in [6.45, 7) is 3.36. The van der Waals surface area contributed by atoms with Crippen molar-refractivity contribution in [2.75, 3.05) is 13.7 Å². The van der Waals surface area contributed by atoms with Crippen molar-refractivity contribution in [3.05, 3.63) is 11.7 Å². The molecule has 0 aromatic carbocycles. The average molecular weight is 253 g/mol. The lowest BCUT2D eigenvalue weighted by molar-refractivity contribution is -0.148. The molecule has 1 aliphatic rings. The van der Waals surface area contributed by atoms with Crippen molar-refractivity contribution >= 4 is 5.97 Å². The van der Waals surface area contributed by atoms with Crippen molar-refractivity contribution in [2.45, 2.75) is 45.2 Å². The number of aromatic nitrogens is 2. The Labute approximate surface area is 106 Å². The number of likely N-dealkylation sites (tertiary alicyclic amines) is 1. The predicted octanol–water partition coefficient (Wildman–Crippen LogP) is 1.16. The fraction of sp³-hybridized carbons (Fsp3) is 0.750. The minimum atomic E-state index is -0.180. The Hall–Kier alpha value is -1.43. The van der Waals surface area contributed by atoms with Gasteiger partial charge in [0.15, 0.2) is 5.82 Å². The molecule has 6 heteroatoms. The molecule has 2 rings (SSSR count). The van der Waals surface area contributed by atoms with E-state index in [4.69, 9.17) is 9.26 Å². The molecule has 1 saturated heterocycles. The summed E-state index contributed by atoms with van der Waals surface area (Å²) in [6.07, 6.45) is 3.73. The highest BCUT2D eigenvalue weighted by molar-refractivity contribution is 5.75. The Morgan fingerprint density at radius 2 is 2.39 bits per heavy atom. The third-order valence-electron chi connectivity index (χ3n) is 3.25. The Balaban J connectivity index is 2.02. The zero-order chi connectivity index (χ0) is 13.0. The third kappa shape index (κ3) is 2.87. The van der Waals surface area contributed by atoms with E-state index in [2.05, 4.69) is 15.0 Å². The van der Waals surface area contributed by atoms with Gasteiger partial charge in [0.2, 0.25) is 5.89 Å². The van der Waals surface area contributed by atoms with Crippen molar-refractivity contribution in [1.82, 2.24) is 15.0 Å². The normalized spacial score (nSPS) is 20.9. The van der Waals surface area contributed by atoms with Gasteiger partial charge in [-0.15, -0.1) is 0 Å². The molecule has 0 saturated carbocycles. The second kappa shape index (κ2) is 5.95. The van der Waals surface area contributed by atoms with Gasteiger partial charge in [0.1, 0.15) is 6.04 Å². The molecule has 1 aliphatic heterocycles. The van der Waals surface area contributed by atoms with Gasteiger partial charge in [-0.3, -0.25) is 9.69 Å². The van der Waals surface area contributed by atoms with Crippen LogP contribution in [0.15, 0.2) is 4.52 Å². The van der Waals surface area contributed by atoms with Crippen LogP contribution < -0.4 is 0 Å². The maximum atomic E-state index is 11.7. The second-order valence-corrected chi connectivity index (χ2v) is 4.46. The lowest BCUT2D eigenvalue weighted by Gasteiger charge is -2.32. The van der Waals surface area contributed by atoms with Crippen LogP contribution in [0.5, 0.6) is 0 Å². The monoisotopic (exact) mass is 253 g/mol. The van der Waals surface area contributed by atoms with Gasteiger partial charge in [-0.05, 0) is 19.4 Å². The van der Waals surface area contributed by atoms with E-state index in [1.807, 2.05) is 6.92 Å². The SMILES string of the molecule is CCc1noc(CN2CCCC[C@@H]2C(=O)OC)n1. The molecule has 0 aliphatic carbocycles. The van der Waals surface area contributed by atoms with Crippen molar-refractivity contribution in [1.29, 1.82) is 0 Å². The number of carbonyl (C=O) groups is 1. The molecular formula is C12H19N3O3. The van der Waals surface area contributed by atoms with Crippen LogP contribution in [0.2, 0.25) is 0 Å². The number of carbonyl (C=O) groups excluding carboxylic acids is 1. The van der Waals surface area contributed by atoms with E-state index < -0.39 is 0 Å². The number of nitrogens with zero attached hydrogens (tertiary/aromatic N) is 3. The van der Waals surface area contributed by atoms with E-state index in [1.165, 1.54) is 7.11 Å². The van der Waals surface area contributed by atoms with Crippen LogP contribution in [0.25, 0.3) is 0 Å². The first-order chi connectivity index (χ1) is 8.74. The Bertz CT molecular complexity index is 405. The second-order valence-electron chi connectivity index (χ2n) is 4.46. The molecule has 1 aromatic rings. The largest absolute Gasteiger partial charge is 0.468 e. The van der Waals surface area contributed by atoms with Crippen LogP contribution in [-0.4, -0.2) is 40.7 Å². The molecule has 0 radical (unpaired) electrons. The number of hydrogen-bond donors (Lipinski definition) is 0. The highest BCUT2D eigenvalue weighted by atomic mass is 16.5. The molecule has 18 heavy (non-hydrogen) atoms. The molecule has 1 atom stereocenters. The predicted molar refractivity (Wildman–Crippen MR) is 63.7 cm³/mol. The average Bonchev–Trinajstić information content (AvgIpc) is 2.86. The van der Waals surface area contributed by atoms with Gasteiger partial charge in [-0.25, -0.2) is 0 Å². The van der Waals surface area contributed by atoms with Crippen molar-refractivity contribution < 1.29 is 14.1 Å². The van der Waals surface area contributed by atoms with Crippen molar-refractivity contribution in [2.24, 2.45) is 0 Å². The summed E-state index contributed by atoms with van der Waals surface area (Å²) in [4.78, 5) is 18.0. The Morgan fingerprint density at radius 3 is 3.06 bits per heavy atom. The highest BCUT2D eigenvalue weighted by Crippen LogP contribution is 2.20. The van der Waals surface area contributed by atoms with Gasteiger partial charge in [0.05, 0.1) is 13.7 Å². The summed E-state index contributed by atoms with van der Waals surface area (Å²) in [5.41, 5.74) is 0. The molecular weight excluding hydrogens is 234 g/mol. The third-order valence-corrected chi connectivity index (χ3v) is 3.25. The van der Waals surface area contributed by atoms with Gasteiger partial charge in [0.25, 0.3) is 0 Å². The minimum Gasteiger partial charge on any atom is -0.468 e. The van der Waals surface area contributed by atoms with Gasteiger partial charge in [-0.1, -0.05) is 18.5 Å². The molecule has 6 nitrogen and oxygen atoms in total. The Kier molecular flexibility index (Phi) is 4.30. The summed E-state index contributed by atoms with van der Waals surface area (Å²) in [7, 11) is 1.43. The number of rotatable bonds is 4. The highest BCUT2D eigenvalue weighted by Gasteiger charge is 2.30. The first-order valence-corrected chi connectivity index (χ1v) is 6.38. The summed E-state index contributed by atoms with van der Waals surface area (Å²) in [6, 6.07) is -0.180. The first kappa shape index (κ1) is 13.0. The lowest BCUT2D eigenvalue weighted by Crippen LogP contribution is -2.44. The summed E-state index contributed by atoms with van der Waals surface area (Å²) in [5, 5.41) is 3.86. The molecule has 100 valence electrons. The van der Waals surface area contributed by atoms with Gasteiger partial charge < -0.3 is 9.26 Å². The van der Waals surface area contributed by atoms with E-state index in [0.717, 1.165) is 32.2 Å². The summed E-state index contributed by atoms with van der Waals surface area (Å²) in [5.74, 6) is 1.10. The van der Waals surface area contributed by atoms with Crippen LogP contribution in [0, 0.1) is 0 Å². The quantitative estimate of drug-likeness (QED) is 0.750. The smallest absolute Gasteiger partial charge is 0.323 e. The first-order valence-electron chi connectivity index (χ1n) is 6.38. The molecule has 0 bridgehead atoms. The fourth-order valence-corrected chi connectivity index (χ4v) is 2.25. The topological polar surface area (TPSA) is 68.5 Å². The van der Waals surface area contributed by atoms with Crippen LogP contribution in [0.4, 0.5) is 0 Å². The molecule has 0 unspecified atom stereocenters. The summed E-state index contributed by atoms with van der Waals surface area (Å²) < 4.78 is 10.0. The molecule has 2 heterocycles. The molecule has 0 amide bonds. The van der Waals surface area contributed by atoms with Crippen LogP contribution >= 0.6 is 0 Å². The zero-order valence-electron chi connectivity index (χ0n) is 10.9. The van der Waals surface area contributed by atoms with Gasteiger partial charge in [-0.2, -0.15) is 4.98 Å². The number of piperidine rings is 1. The van der Waals surface area contributed by atoms with Crippen LogP contribution in [0.1, 0.15) is 37.9 Å². The molecule has 1 aromatic heterocycles. The molecule has 1 fully saturated rings. The van der Waals surface area contributed by atoms with E-state index in [9.17, 15) is 4.79 Å². The van der Waals surface area contributed by atoms with Crippen molar-refractivity contribution in [3.63, 3.8) is 0 Å². The number of aryl methyl sites for hydroxylation is 1. The van der Waals surface area contributed by atoms with E-state index >= 15 is 0 Å². The Morgan fingerprint density at radius 1 is 1.56 bits per heavy atom. The van der Waals surface area contributed by atoms with Crippen LogP contribution in [-0.2, 0) is 22.5 Å². The number of ether oxygens (including phenoxy) is 1. The zero-order valence-corrected chi connectivity index (χ0v) is 10.9. The minimum absolute atomic E-state index is 0.176. The standard InChI is InChI=1S/C12H19N3O3/c1-3-10-13-11(18-14-10)8-15-7-5-4-6-9(15)12(16)17-2/h9H,3-8H2,1-2H3/t9-/m1/s1. The maximum absolute atomic E-state index is 11.7. The number of hydrogen-bond acceptors (Lipinski definition) is 6. The van der Waals surface area contributed by atoms with Crippen LogP contribution in [0.3, 0.4) is 0 Å². The lowest BCUT2D eigenvalue weighted by atomic mass is 10.0. The van der Waals surface area contributed by atoms with Gasteiger partial charge in [0, 0.05) is 6.42 Å². The molecule has 0 N–H and O–H groups in total. The van der Waals surface area contributed by atoms with Gasteiger partial charge >= 0.3 is 5.97 Å². The fourth-order valence-electron chi connectivity index (χ4n) is 2.25. The number of esters is 1. The summed E-state index contributed by atoms with van der Waals surface area (Å²) >= 11 is 0. The number of methoxy groups -OCH3 is 1. The van der Waals surface area contributed by atoms with E-state index in [1.54, 1.807) is 0 Å². The van der Waals surface area contributed by atoms with Crippen molar-refractivity contribution in [3.8, 4) is 0 Å². The van der Waals surface area contributed by atoms with E-state index in [0.29, 0.717) is 18.3 Å². The van der Waals surface area contributed by atoms with E-state index in [-0.39, 0.29) is 12.0 Å². The maximum Gasteiger partial charge on any atom is 0.323 e.